The summed E-state index contributed by atoms with van der Waals surface area (Å²) in [6.07, 6.45) is -10.4. The molecule has 0 spiro atoms. The first-order valence-electron chi connectivity index (χ1n) is 32.3. The van der Waals surface area contributed by atoms with Gasteiger partial charge in [0.2, 0.25) is 0 Å². The van der Waals surface area contributed by atoms with Crippen LogP contribution in [-0.4, -0.2) is 283 Å². The van der Waals surface area contributed by atoms with E-state index in [0.29, 0.717) is 5.56 Å². The summed E-state index contributed by atoms with van der Waals surface area (Å²) in [7, 11) is 1.57. The van der Waals surface area contributed by atoms with Crippen LogP contribution in [0.4, 0.5) is 0 Å². The van der Waals surface area contributed by atoms with Crippen molar-refractivity contribution in [2.75, 3.05) is 33.4 Å². The van der Waals surface area contributed by atoms with Gasteiger partial charge in [-0.05, 0) is 40.2 Å². The van der Waals surface area contributed by atoms with Gasteiger partial charge in [0.1, 0.15) is 54.7 Å². The monoisotopic (exact) mass is 1370 g/mol. The first-order chi connectivity index (χ1) is 45.4. The number of carbonyl (C=O) groups excluding carboxylic acids is 2. The number of hydrogen-bond acceptors (Lipinski definition) is 28. The second-order valence-electron chi connectivity index (χ2n) is 24.9. The van der Waals surface area contributed by atoms with Crippen LogP contribution in [0.3, 0.4) is 0 Å². The quantitative estimate of drug-likeness (QED) is 0.0800. The van der Waals surface area contributed by atoms with Crippen LogP contribution in [0, 0.1) is 17.8 Å². The fourth-order valence-corrected chi connectivity index (χ4v) is 11.2. The molecule has 96 heavy (non-hydrogen) atoms. The van der Waals surface area contributed by atoms with Crippen LogP contribution in [0.25, 0.3) is 0 Å². The van der Waals surface area contributed by atoms with Crippen molar-refractivity contribution < 1.29 is 135 Å². The number of likely N-dealkylation sites (N-methyl/N-ethyl adjacent to an activating group) is 1. The largest absolute Gasteiger partial charge is 0.481 e. The van der Waals surface area contributed by atoms with Crippen molar-refractivity contribution in [3.63, 3.8) is 0 Å². The number of carboxylic acids is 1. The van der Waals surface area contributed by atoms with E-state index in [0.717, 1.165) is 0 Å². The highest BCUT2D eigenvalue weighted by atomic mass is 16.7. The molecule has 29 heteroatoms. The minimum absolute atomic E-state index is 0.0936. The zero-order valence-corrected chi connectivity index (χ0v) is 54.7. The number of carboxylic acid groups (broad SMARTS) is 1. The molecule has 4 aliphatic rings. The summed E-state index contributed by atoms with van der Waals surface area (Å²) in [5, 5.41) is 193. The van der Waals surface area contributed by atoms with Crippen molar-refractivity contribution in [3.8, 4) is 0 Å². The minimum Gasteiger partial charge on any atom is -0.481 e. The van der Waals surface area contributed by atoms with Crippen LogP contribution in [0.2, 0.25) is 0 Å². The molecule has 4 heterocycles. The molecule has 1 aromatic carbocycles. The second-order valence-corrected chi connectivity index (χ2v) is 24.9. The summed E-state index contributed by atoms with van der Waals surface area (Å²) < 4.78 is 35.0. The van der Waals surface area contributed by atoms with Crippen molar-refractivity contribution in [1.82, 2.24) is 10.6 Å². The molecule has 3 fully saturated rings. The van der Waals surface area contributed by atoms with Crippen molar-refractivity contribution in [2.45, 2.75) is 226 Å². The van der Waals surface area contributed by atoms with Crippen LogP contribution >= 0.6 is 0 Å². The van der Waals surface area contributed by atoms with Gasteiger partial charge in [0.25, 0.3) is 0 Å². The van der Waals surface area contributed by atoms with E-state index < -0.39 is 221 Å². The van der Waals surface area contributed by atoms with Gasteiger partial charge in [-0.3, -0.25) is 14.4 Å². The number of esters is 1. The van der Waals surface area contributed by atoms with Crippen LogP contribution < -0.4 is 10.6 Å². The average Bonchev–Trinajstić information content (AvgIpc) is 0.830. The number of Topliss-reactive ketones (excluding diaryl/α,β-unsaturated/α-hetero) is 1. The summed E-state index contributed by atoms with van der Waals surface area (Å²) >= 11 is 0. The highest BCUT2D eigenvalue weighted by Gasteiger charge is 2.52. The van der Waals surface area contributed by atoms with Crippen molar-refractivity contribution >= 4 is 17.7 Å². The van der Waals surface area contributed by atoms with Crippen LogP contribution in [0.15, 0.2) is 115 Å². The summed E-state index contributed by atoms with van der Waals surface area (Å²) in [6, 6.07) is 7.32. The SMILES string of the molecule is CC1/C=C/C=C/C=C/C=C/C=C/C=C/C=C/C(OC2OC(C)C(O)C(NCC(=O)C(O)C3OC(c4ccccc4)OCC3O)C2O)CC2OC(O)(CC(O)CC(O)C(O)CCC(O)CC(O)CC(=O)OC(C)C(C)C1O)CC(O)C2C(=O)O.CNC[C@H](O)[C@@H](O)[C@H](O)[C@H](O)CO. The Morgan fingerprint density at radius 1 is 0.656 bits per heavy atom. The topological polar surface area (TPSA) is 495 Å². The predicted octanol–water partition coefficient (Wildman–Crippen LogP) is -2.61. The van der Waals surface area contributed by atoms with E-state index in [9.17, 15) is 85.9 Å². The second kappa shape index (κ2) is 42.2. The molecule has 27 atom stereocenters. The number of aliphatic hydroxyl groups excluding tert-OH is 16. The molecule has 4 aliphatic heterocycles. The standard InChI is InChI=1S/C60H87NO22.C7H17NO5/c1-34-20-16-13-11-9-7-5-6-8-10-12-14-19-23-42(81-59-55(74)51(53(72)37(4)80-59)61-32-46(68)54(73)56-47(69)33-78-58(82-56)38-21-17-15-18-22-38)29-48-50(57(75)76)45(67)31-60(77,83-48)30-41(64)27-44(66)43(65)25-24-39(62)26-40(63)28-49(70)79-36(3)35(2)52(34)71;1-8-2-4(10)6(12)7(13)5(11)3-9/h5-23,34-37,39-45,47-48,50-56,58-59,61-67,69,71-74,77H,24-33H2,1-4H3,(H,75,76);4-13H,2-3H2,1H3/b6-5+,9-7+,10-8+,13-11+,14-12+,20-16+,23-19+;/t;4-,5+,6+,7+/m.0/s1. The number of ether oxygens (including phenoxy) is 6. The third-order valence-electron chi connectivity index (χ3n) is 17.0. The zero-order valence-electron chi connectivity index (χ0n) is 54.7. The number of hydrogen-bond donors (Lipinski definition) is 20. The van der Waals surface area contributed by atoms with E-state index in [1.165, 1.54) is 19.1 Å². The minimum atomic E-state index is -2.42. The third kappa shape index (κ3) is 27.3. The summed E-state index contributed by atoms with van der Waals surface area (Å²) in [6.45, 7) is 5.18. The molecule has 2 bridgehead atoms. The van der Waals surface area contributed by atoms with E-state index in [2.05, 4.69) is 10.6 Å². The fourth-order valence-electron chi connectivity index (χ4n) is 11.2. The molecule has 3 saturated heterocycles. The highest BCUT2D eigenvalue weighted by molar-refractivity contribution is 5.85. The predicted molar refractivity (Wildman–Crippen MR) is 343 cm³/mol. The number of allylic oxidation sites excluding steroid dienone is 12. The van der Waals surface area contributed by atoms with Crippen molar-refractivity contribution in [2.24, 2.45) is 17.8 Å². The lowest BCUT2D eigenvalue weighted by Gasteiger charge is -2.45. The van der Waals surface area contributed by atoms with Gasteiger partial charge in [0.05, 0.1) is 105 Å². The van der Waals surface area contributed by atoms with E-state index in [-0.39, 0.29) is 38.3 Å². The molecule has 544 valence electrons. The number of carbonyl (C=O) groups is 3. The number of ketones is 1. The van der Waals surface area contributed by atoms with Gasteiger partial charge >= 0.3 is 11.9 Å². The number of rotatable bonds is 15. The van der Waals surface area contributed by atoms with Crippen molar-refractivity contribution in [1.29, 1.82) is 0 Å². The normalized spacial score (nSPS) is 39.4. The molecular formula is C67H104N2O27. The van der Waals surface area contributed by atoms with Crippen LogP contribution in [-0.2, 0) is 42.8 Å². The van der Waals surface area contributed by atoms with Gasteiger partial charge in [-0.25, -0.2) is 0 Å². The van der Waals surface area contributed by atoms with Gasteiger partial charge < -0.3 is 131 Å². The van der Waals surface area contributed by atoms with E-state index in [4.69, 9.17) is 48.8 Å². The number of fused-ring (bicyclic) bond motifs is 2. The van der Waals surface area contributed by atoms with E-state index in [1.807, 2.05) is 6.92 Å². The lowest BCUT2D eigenvalue weighted by Crippen LogP contribution is -2.64. The maximum Gasteiger partial charge on any atom is 0.311 e. The first-order valence-corrected chi connectivity index (χ1v) is 32.3. The Labute approximate surface area is 558 Å². The van der Waals surface area contributed by atoms with Gasteiger partial charge in [-0.1, -0.05) is 129 Å². The van der Waals surface area contributed by atoms with E-state index in [1.54, 1.807) is 124 Å². The van der Waals surface area contributed by atoms with Gasteiger partial charge in [-0.15, -0.1) is 0 Å². The lowest BCUT2D eigenvalue weighted by atomic mass is 9.82. The number of cyclic esters (lactones) is 1. The molecule has 0 aliphatic carbocycles. The fraction of sp³-hybridized carbons (Fsp3) is 0.657. The Balaban J connectivity index is 0.00000135. The Hall–Kier alpha value is -4.95. The molecule has 0 aromatic heterocycles. The average molecular weight is 1370 g/mol. The Morgan fingerprint density at radius 3 is 1.84 bits per heavy atom. The maximum absolute atomic E-state index is 13.4. The Bertz CT molecular complexity index is 2650. The Kier molecular flexibility index (Phi) is 36.7. The maximum atomic E-state index is 13.4. The number of aliphatic hydroxyl groups is 17. The zero-order chi connectivity index (χ0) is 71.4. The third-order valence-corrected chi connectivity index (χ3v) is 17.0. The molecule has 23 unspecified atom stereocenters. The number of aliphatic carboxylic acids is 1. The molecular weight excluding hydrogens is 1260 g/mol. The molecule has 5 rings (SSSR count). The molecule has 0 amide bonds. The molecule has 20 N–H and O–H groups in total. The van der Waals surface area contributed by atoms with Gasteiger partial charge in [0.15, 0.2) is 24.2 Å². The van der Waals surface area contributed by atoms with Gasteiger partial charge in [0, 0.05) is 49.6 Å². The smallest absolute Gasteiger partial charge is 0.311 e. The first kappa shape index (κ1) is 83.5. The van der Waals surface area contributed by atoms with E-state index >= 15 is 0 Å². The van der Waals surface area contributed by atoms with Crippen LogP contribution in [0.1, 0.15) is 90.9 Å². The molecule has 0 radical (unpaired) electrons. The number of nitrogens with one attached hydrogen (secondary N) is 2. The highest BCUT2D eigenvalue weighted by Crippen LogP contribution is 2.39. The molecule has 0 saturated carbocycles. The summed E-state index contributed by atoms with van der Waals surface area (Å²) in [5.41, 5.74) is 0.582. The lowest BCUT2D eigenvalue weighted by molar-refractivity contribution is -0.309. The Morgan fingerprint density at radius 2 is 1.25 bits per heavy atom. The molecule has 29 nitrogen and oxygen atoms in total. The summed E-state index contributed by atoms with van der Waals surface area (Å²) in [4.78, 5) is 38.9. The van der Waals surface area contributed by atoms with Crippen molar-refractivity contribution in [3.05, 3.63) is 121 Å². The van der Waals surface area contributed by atoms with Crippen LogP contribution in [0.5, 0.6) is 0 Å². The van der Waals surface area contributed by atoms with Gasteiger partial charge in [-0.2, -0.15) is 0 Å². The summed E-state index contributed by atoms with van der Waals surface area (Å²) in [5.74, 6) is -8.04. The molecule has 1 aromatic rings. The number of benzene rings is 1.